The van der Waals surface area contributed by atoms with Crippen LogP contribution in [0.25, 0.3) is 0 Å². The van der Waals surface area contributed by atoms with Gasteiger partial charge in [-0.3, -0.25) is 9.35 Å². The van der Waals surface area contributed by atoms with Gasteiger partial charge in [0.1, 0.15) is 0 Å². The summed E-state index contributed by atoms with van der Waals surface area (Å²) in [4.78, 5) is 14.4. The minimum atomic E-state index is -4.36. The Labute approximate surface area is 85.3 Å². The lowest BCUT2D eigenvalue weighted by Gasteiger charge is -2.01. The molecule has 0 aliphatic heterocycles. The number of carbonyl (C=O) groups is 1. The predicted octanol–water partition coefficient (Wildman–Crippen LogP) is 0.967. The maximum atomic E-state index is 10.8. The van der Waals surface area contributed by atoms with Gasteiger partial charge in [-0.15, -0.1) is 0 Å². The van der Waals surface area contributed by atoms with Gasteiger partial charge in [-0.1, -0.05) is 0 Å². The SMILES string of the molecule is CC(=O)Sc1cccnc1S(=O)(=O)O. The number of rotatable bonds is 2. The Morgan fingerprint density at radius 2 is 2.21 bits per heavy atom. The van der Waals surface area contributed by atoms with E-state index in [-0.39, 0.29) is 10.0 Å². The Bertz CT molecular complexity index is 455. The number of carbonyl (C=O) groups excluding carboxylic acids is 1. The molecule has 1 rings (SSSR count). The summed E-state index contributed by atoms with van der Waals surface area (Å²) in [7, 11) is -4.36. The first kappa shape index (κ1) is 11.2. The number of thioether (sulfide) groups is 1. The van der Waals surface area contributed by atoms with Crippen LogP contribution in [0.15, 0.2) is 28.3 Å². The fraction of sp³-hybridized carbons (Fsp3) is 0.143. The molecule has 0 atom stereocenters. The van der Waals surface area contributed by atoms with Crippen LogP contribution in [-0.2, 0) is 14.9 Å². The van der Waals surface area contributed by atoms with Gasteiger partial charge in [0, 0.05) is 13.1 Å². The van der Waals surface area contributed by atoms with Crippen molar-refractivity contribution in [2.75, 3.05) is 0 Å². The van der Waals surface area contributed by atoms with E-state index in [9.17, 15) is 13.2 Å². The van der Waals surface area contributed by atoms with E-state index in [2.05, 4.69) is 4.98 Å². The highest BCUT2D eigenvalue weighted by Crippen LogP contribution is 2.24. The number of pyridine rings is 1. The molecule has 0 aliphatic rings. The van der Waals surface area contributed by atoms with Gasteiger partial charge in [-0.2, -0.15) is 8.42 Å². The van der Waals surface area contributed by atoms with Crippen LogP contribution < -0.4 is 0 Å². The van der Waals surface area contributed by atoms with Gasteiger partial charge in [-0.25, -0.2) is 4.98 Å². The van der Waals surface area contributed by atoms with E-state index in [1.807, 2.05) is 0 Å². The summed E-state index contributed by atoms with van der Waals surface area (Å²) in [5.41, 5.74) is 0. The number of nitrogens with zero attached hydrogens (tertiary/aromatic N) is 1. The lowest BCUT2D eigenvalue weighted by Crippen LogP contribution is -2.03. The fourth-order valence-corrected chi connectivity index (χ4v) is 2.36. The second-order valence-electron chi connectivity index (χ2n) is 2.38. The molecule has 76 valence electrons. The van der Waals surface area contributed by atoms with Crippen LogP contribution in [0.3, 0.4) is 0 Å². The summed E-state index contributed by atoms with van der Waals surface area (Å²) in [5.74, 6) is 0. The van der Waals surface area contributed by atoms with Crippen molar-refractivity contribution in [2.24, 2.45) is 0 Å². The van der Waals surface area contributed by atoms with Crippen LogP contribution in [-0.4, -0.2) is 23.1 Å². The van der Waals surface area contributed by atoms with E-state index in [0.29, 0.717) is 11.8 Å². The zero-order chi connectivity index (χ0) is 10.8. The molecule has 0 aliphatic carbocycles. The molecule has 0 fully saturated rings. The Morgan fingerprint density at radius 3 is 2.71 bits per heavy atom. The van der Waals surface area contributed by atoms with Crippen LogP contribution >= 0.6 is 11.8 Å². The van der Waals surface area contributed by atoms with Crippen LogP contribution in [0, 0.1) is 0 Å². The first-order valence-corrected chi connectivity index (χ1v) is 5.78. The third-order valence-corrected chi connectivity index (χ3v) is 3.01. The largest absolute Gasteiger partial charge is 0.313 e. The quantitative estimate of drug-likeness (QED) is 0.605. The molecule has 1 heterocycles. The lowest BCUT2D eigenvalue weighted by atomic mass is 10.5. The molecule has 0 saturated heterocycles. The van der Waals surface area contributed by atoms with Crippen molar-refractivity contribution in [2.45, 2.75) is 16.8 Å². The van der Waals surface area contributed by atoms with Crippen molar-refractivity contribution in [3.8, 4) is 0 Å². The summed E-state index contributed by atoms with van der Waals surface area (Å²) in [6.45, 7) is 1.30. The molecule has 0 unspecified atom stereocenters. The van der Waals surface area contributed by atoms with E-state index in [4.69, 9.17) is 4.55 Å². The van der Waals surface area contributed by atoms with Crippen molar-refractivity contribution in [1.29, 1.82) is 0 Å². The highest BCUT2D eigenvalue weighted by molar-refractivity contribution is 8.13. The van der Waals surface area contributed by atoms with E-state index in [1.54, 1.807) is 0 Å². The molecule has 0 amide bonds. The number of aromatic nitrogens is 1. The predicted molar refractivity (Wildman–Crippen MR) is 50.6 cm³/mol. The third kappa shape index (κ3) is 2.79. The summed E-state index contributed by atoms with van der Waals surface area (Å²) in [6.07, 6.45) is 1.23. The van der Waals surface area contributed by atoms with Crippen molar-refractivity contribution in [3.05, 3.63) is 18.3 Å². The van der Waals surface area contributed by atoms with Gasteiger partial charge in [0.05, 0.1) is 4.90 Å². The Hall–Kier alpha value is -0.920. The summed E-state index contributed by atoms with van der Waals surface area (Å²) in [5, 5.41) is -0.761. The second-order valence-corrected chi connectivity index (χ2v) is 4.93. The van der Waals surface area contributed by atoms with Gasteiger partial charge in [0.2, 0.25) is 0 Å². The molecule has 0 aromatic carbocycles. The average molecular weight is 233 g/mol. The zero-order valence-corrected chi connectivity index (χ0v) is 8.80. The first-order chi connectivity index (χ1) is 6.41. The molecule has 0 bridgehead atoms. The van der Waals surface area contributed by atoms with Crippen LogP contribution in [0.5, 0.6) is 0 Å². The number of hydrogen-bond donors (Lipinski definition) is 1. The smallest absolute Gasteiger partial charge is 0.287 e. The molecule has 0 spiro atoms. The normalized spacial score (nSPS) is 11.3. The molecule has 1 aromatic heterocycles. The minimum absolute atomic E-state index is 0.127. The van der Waals surface area contributed by atoms with E-state index < -0.39 is 15.1 Å². The minimum Gasteiger partial charge on any atom is -0.287 e. The number of hydrogen-bond acceptors (Lipinski definition) is 5. The van der Waals surface area contributed by atoms with Crippen molar-refractivity contribution in [3.63, 3.8) is 0 Å². The lowest BCUT2D eigenvalue weighted by molar-refractivity contribution is -0.109. The molecule has 0 radical (unpaired) electrons. The zero-order valence-electron chi connectivity index (χ0n) is 7.17. The molecule has 5 nitrogen and oxygen atoms in total. The molecule has 1 N–H and O–H groups in total. The maximum Gasteiger partial charge on any atom is 0.313 e. The Morgan fingerprint density at radius 1 is 1.57 bits per heavy atom. The van der Waals surface area contributed by atoms with E-state index in [0.717, 1.165) is 0 Å². The van der Waals surface area contributed by atoms with Gasteiger partial charge in [0.25, 0.3) is 0 Å². The molecular weight excluding hydrogens is 226 g/mol. The van der Waals surface area contributed by atoms with Crippen LogP contribution in [0.2, 0.25) is 0 Å². The highest BCUT2D eigenvalue weighted by Gasteiger charge is 2.17. The van der Waals surface area contributed by atoms with Gasteiger partial charge in [0.15, 0.2) is 10.1 Å². The third-order valence-electron chi connectivity index (χ3n) is 1.23. The fourth-order valence-electron chi connectivity index (χ4n) is 0.802. The molecular formula is C7H7NO4S2. The van der Waals surface area contributed by atoms with E-state index >= 15 is 0 Å². The Balaban J connectivity index is 3.23. The molecule has 14 heavy (non-hydrogen) atoms. The molecule has 7 heteroatoms. The van der Waals surface area contributed by atoms with Crippen LogP contribution in [0.4, 0.5) is 0 Å². The highest BCUT2D eigenvalue weighted by atomic mass is 32.2. The van der Waals surface area contributed by atoms with Crippen molar-refractivity contribution in [1.82, 2.24) is 4.98 Å². The van der Waals surface area contributed by atoms with Gasteiger partial charge >= 0.3 is 10.1 Å². The van der Waals surface area contributed by atoms with Crippen molar-refractivity contribution < 1.29 is 17.8 Å². The molecule has 0 saturated carbocycles. The molecule has 1 aromatic rings. The topological polar surface area (TPSA) is 84.3 Å². The first-order valence-electron chi connectivity index (χ1n) is 3.52. The van der Waals surface area contributed by atoms with Crippen molar-refractivity contribution >= 4 is 27.0 Å². The summed E-state index contributed by atoms with van der Waals surface area (Å²) in [6, 6.07) is 2.89. The monoisotopic (exact) mass is 233 g/mol. The van der Waals surface area contributed by atoms with Gasteiger partial charge < -0.3 is 0 Å². The van der Waals surface area contributed by atoms with Gasteiger partial charge in [-0.05, 0) is 23.9 Å². The second kappa shape index (κ2) is 4.07. The average Bonchev–Trinajstić information content (AvgIpc) is 2.01. The van der Waals surface area contributed by atoms with E-state index in [1.165, 1.54) is 25.3 Å². The maximum absolute atomic E-state index is 10.8. The Kier molecular flexibility index (Phi) is 3.25. The summed E-state index contributed by atoms with van der Waals surface area (Å²) >= 11 is 0.711. The van der Waals surface area contributed by atoms with Crippen LogP contribution in [0.1, 0.15) is 6.92 Å². The standard InChI is InChI=1S/C7H7NO4S2/c1-5(9)13-6-3-2-4-8-7(6)14(10,11)12/h2-4H,1H3,(H,10,11,12). The summed E-state index contributed by atoms with van der Waals surface area (Å²) < 4.78 is 30.4.